The van der Waals surface area contributed by atoms with Gasteiger partial charge in [-0.25, -0.2) is 4.39 Å². The summed E-state index contributed by atoms with van der Waals surface area (Å²) in [5.74, 6) is 0.926. The lowest BCUT2D eigenvalue weighted by molar-refractivity contribution is -0.128. The number of ether oxygens (including phenoxy) is 1. The first-order chi connectivity index (χ1) is 13.7. The number of rotatable bonds is 7. The third kappa shape index (κ3) is 4.36. The normalized spacial score (nSPS) is 20.1. The van der Waals surface area contributed by atoms with Gasteiger partial charge in [-0.15, -0.1) is 0 Å². The maximum absolute atomic E-state index is 13.7. The van der Waals surface area contributed by atoms with Crippen LogP contribution in [0.15, 0.2) is 48.5 Å². The molecular formula is C23H27FN2O2. The number of likely N-dealkylation sites (tertiary alicyclic amines) is 2. The van der Waals surface area contributed by atoms with Crippen molar-refractivity contribution in [3.8, 4) is 5.75 Å². The Hall–Kier alpha value is -2.40. The Bertz CT molecular complexity index is 826. The van der Waals surface area contributed by atoms with Gasteiger partial charge in [-0.05, 0) is 49.6 Å². The highest BCUT2D eigenvalue weighted by Gasteiger charge is 2.27. The van der Waals surface area contributed by atoms with Crippen molar-refractivity contribution in [3.63, 3.8) is 0 Å². The summed E-state index contributed by atoms with van der Waals surface area (Å²) in [6.45, 7) is 3.77. The second-order valence-corrected chi connectivity index (χ2v) is 7.62. The summed E-state index contributed by atoms with van der Waals surface area (Å²) < 4.78 is 19.7. The van der Waals surface area contributed by atoms with E-state index in [0.29, 0.717) is 19.6 Å². The third-order valence-corrected chi connectivity index (χ3v) is 5.73. The van der Waals surface area contributed by atoms with Gasteiger partial charge in [0.1, 0.15) is 18.2 Å². The first-order valence-electron chi connectivity index (χ1n) is 10.2. The summed E-state index contributed by atoms with van der Waals surface area (Å²) >= 11 is 0. The van der Waals surface area contributed by atoms with E-state index in [4.69, 9.17) is 4.74 Å². The van der Waals surface area contributed by atoms with Crippen LogP contribution in [0.5, 0.6) is 5.75 Å². The predicted molar refractivity (Wildman–Crippen MR) is 107 cm³/mol. The molecule has 0 N–H and O–H groups in total. The Labute approximate surface area is 165 Å². The van der Waals surface area contributed by atoms with Gasteiger partial charge in [0.2, 0.25) is 5.91 Å². The number of benzene rings is 2. The molecule has 2 saturated heterocycles. The van der Waals surface area contributed by atoms with Gasteiger partial charge >= 0.3 is 0 Å². The minimum atomic E-state index is -0.176. The number of hydrogen-bond donors (Lipinski definition) is 0. The second kappa shape index (κ2) is 8.74. The summed E-state index contributed by atoms with van der Waals surface area (Å²) in [6.07, 6.45) is 3.77. The predicted octanol–water partition coefficient (Wildman–Crippen LogP) is 4.16. The van der Waals surface area contributed by atoms with Crippen molar-refractivity contribution in [2.75, 3.05) is 26.2 Å². The molecule has 0 aliphatic carbocycles. The molecule has 0 bridgehead atoms. The maximum Gasteiger partial charge on any atom is 0.222 e. The highest BCUT2D eigenvalue weighted by molar-refractivity contribution is 5.78. The quantitative estimate of drug-likeness (QED) is 0.721. The molecule has 0 aromatic heterocycles. The lowest BCUT2D eigenvalue weighted by atomic mass is 10.0. The Balaban J connectivity index is 1.41. The first kappa shape index (κ1) is 18.9. The highest BCUT2D eigenvalue weighted by atomic mass is 19.1. The number of carbonyl (C=O) groups is 1. The average molecular weight is 382 g/mol. The summed E-state index contributed by atoms with van der Waals surface area (Å²) in [7, 11) is 0. The minimum Gasteiger partial charge on any atom is -0.491 e. The Morgan fingerprint density at radius 2 is 1.96 bits per heavy atom. The molecule has 2 aliphatic rings. The molecule has 1 amide bonds. The van der Waals surface area contributed by atoms with Gasteiger partial charge in [0.15, 0.2) is 0 Å². The van der Waals surface area contributed by atoms with Crippen LogP contribution in [0.3, 0.4) is 0 Å². The van der Waals surface area contributed by atoms with Gasteiger partial charge in [0.05, 0.1) is 6.54 Å². The van der Waals surface area contributed by atoms with Crippen molar-refractivity contribution < 1.29 is 13.9 Å². The van der Waals surface area contributed by atoms with Gasteiger partial charge in [-0.3, -0.25) is 9.69 Å². The molecule has 2 aliphatic heterocycles. The van der Waals surface area contributed by atoms with E-state index in [0.717, 1.165) is 55.8 Å². The molecule has 4 nitrogen and oxygen atoms in total. The number of nitrogens with zero attached hydrogens (tertiary/aromatic N) is 2. The van der Waals surface area contributed by atoms with Crippen LogP contribution in [0.2, 0.25) is 0 Å². The number of carbonyl (C=O) groups excluding carboxylic acids is 1. The van der Waals surface area contributed by atoms with Crippen molar-refractivity contribution in [1.29, 1.82) is 0 Å². The van der Waals surface area contributed by atoms with Gasteiger partial charge in [0, 0.05) is 31.1 Å². The van der Waals surface area contributed by atoms with Crippen molar-refractivity contribution in [2.24, 2.45) is 0 Å². The Morgan fingerprint density at radius 1 is 1.07 bits per heavy atom. The SMILES string of the molecule is O=C1CCCN1CCOc1ccccc1CN1CCCC1c1cccc(F)c1. The Morgan fingerprint density at radius 3 is 2.79 bits per heavy atom. The Kier molecular flexibility index (Phi) is 5.91. The molecule has 2 aromatic carbocycles. The molecule has 2 heterocycles. The molecule has 148 valence electrons. The number of hydrogen-bond acceptors (Lipinski definition) is 3. The van der Waals surface area contributed by atoms with Crippen LogP contribution in [0, 0.1) is 5.82 Å². The van der Waals surface area contributed by atoms with Gasteiger partial charge < -0.3 is 9.64 Å². The van der Waals surface area contributed by atoms with Crippen molar-refractivity contribution in [3.05, 3.63) is 65.5 Å². The summed E-state index contributed by atoms with van der Waals surface area (Å²) in [5.41, 5.74) is 2.18. The largest absolute Gasteiger partial charge is 0.491 e. The zero-order valence-corrected chi connectivity index (χ0v) is 16.1. The average Bonchev–Trinajstić information content (AvgIpc) is 3.32. The molecule has 4 rings (SSSR count). The van der Waals surface area contributed by atoms with Crippen LogP contribution >= 0.6 is 0 Å². The van der Waals surface area contributed by atoms with Crippen molar-refractivity contribution in [1.82, 2.24) is 9.80 Å². The maximum atomic E-state index is 13.7. The van der Waals surface area contributed by atoms with E-state index >= 15 is 0 Å². The summed E-state index contributed by atoms with van der Waals surface area (Å²) in [4.78, 5) is 16.0. The number of halogens is 1. The smallest absolute Gasteiger partial charge is 0.222 e. The van der Waals surface area contributed by atoms with E-state index in [2.05, 4.69) is 11.0 Å². The molecular weight excluding hydrogens is 355 g/mol. The van der Waals surface area contributed by atoms with Crippen molar-refractivity contribution in [2.45, 2.75) is 38.3 Å². The summed E-state index contributed by atoms with van der Waals surface area (Å²) in [5, 5.41) is 0. The minimum absolute atomic E-state index is 0.176. The van der Waals surface area contributed by atoms with Gasteiger partial charge in [0.25, 0.3) is 0 Å². The second-order valence-electron chi connectivity index (χ2n) is 7.62. The fourth-order valence-electron chi connectivity index (χ4n) is 4.31. The van der Waals surface area contributed by atoms with E-state index in [1.54, 1.807) is 12.1 Å². The van der Waals surface area contributed by atoms with Crippen LogP contribution in [-0.4, -0.2) is 41.9 Å². The fraction of sp³-hybridized carbons (Fsp3) is 0.435. The van der Waals surface area contributed by atoms with E-state index in [1.165, 1.54) is 6.07 Å². The first-order valence-corrected chi connectivity index (χ1v) is 10.2. The summed E-state index contributed by atoms with van der Waals surface area (Å²) in [6, 6.07) is 15.3. The van der Waals surface area contributed by atoms with Crippen LogP contribution < -0.4 is 4.74 Å². The lowest BCUT2D eigenvalue weighted by Gasteiger charge is -2.26. The van der Waals surface area contributed by atoms with Crippen LogP contribution in [0.4, 0.5) is 4.39 Å². The van der Waals surface area contributed by atoms with Crippen molar-refractivity contribution >= 4 is 5.91 Å². The highest BCUT2D eigenvalue weighted by Crippen LogP contribution is 2.34. The zero-order valence-electron chi connectivity index (χ0n) is 16.1. The molecule has 28 heavy (non-hydrogen) atoms. The third-order valence-electron chi connectivity index (χ3n) is 5.73. The lowest BCUT2D eigenvalue weighted by Crippen LogP contribution is -2.29. The van der Waals surface area contributed by atoms with E-state index in [-0.39, 0.29) is 17.8 Å². The zero-order chi connectivity index (χ0) is 19.3. The number of para-hydroxylation sites is 1. The molecule has 2 fully saturated rings. The molecule has 0 spiro atoms. The van der Waals surface area contributed by atoms with Crippen LogP contribution in [-0.2, 0) is 11.3 Å². The van der Waals surface area contributed by atoms with E-state index in [1.807, 2.05) is 29.2 Å². The van der Waals surface area contributed by atoms with Crippen LogP contribution in [0.25, 0.3) is 0 Å². The molecule has 0 radical (unpaired) electrons. The molecule has 5 heteroatoms. The molecule has 1 atom stereocenters. The topological polar surface area (TPSA) is 32.8 Å². The van der Waals surface area contributed by atoms with E-state index in [9.17, 15) is 9.18 Å². The standard InChI is InChI=1S/C23H27FN2O2/c24-20-8-3-7-18(16-20)21-9-4-13-26(21)17-19-6-1-2-10-22(19)28-15-14-25-12-5-11-23(25)27/h1-3,6-8,10,16,21H,4-5,9,11-15,17H2. The van der Waals surface area contributed by atoms with E-state index < -0.39 is 0 Å². The molecule has 2 aromatic rings. The van der Waals surface area contributed by atoms with Gasteiger partial charge in [-0.1, -0.05) is 30.3 Å². The number of amides is 1. The van der Waals surface area contributed by atoms with Crippen LogP contribution in [0.1, 0.15) is 42.9 Å². The fourth-order valence-corrected chi connectivity index (χ4v) is 4.31. The van der Waals surface area contributed by atoms with Gasteiger partial charge in [-0.2, -0.15) is 0 Å². The molecule has 0 saturated carbocycles. The molecule has 1 unspecified atom stereocenters. The monoisotopic (exact) mass is 382 g/mol.